The SMILES string of the molecule is C=CCOc1ccc(Br)cc1/C=N/NC(=O)c1cc(Br)ccc1OCC. The van der Waals surface area contributed by atoms with Crippen LogP contribution >= 0.6 is 31.9 Å². The molecule has 0 radical (unpaired) electrons. The number of benzene rings is 2. The third kappa shape index (κ3) is 5.71. The van der Waals surface area contributed by atoms with E-state index < -0.39 is 0 Å². The lowest BCUT2D eigenvalue weighted by atomic mass is 10.2. The predicted molar refractivity (Wildman–Crippen MR) is 110 cm³/mol. The average molecular weight is 482 g/mol. The van der Waals surface area contributed by atoms with Gasteiger partial charge < -0.3 is 9.47 Å². The zero-order valence-electron chi connectivity index (χ0n) is 14.2. The highest BCUT2D eigenvalue weighted by Gasteiger charge is 2.12. The molecule has 2 aromatic rings. The number of ether oxygens (including phenoxy) is 2. The minimum atomic E-state index is -0.366. The van der Waals surface area contributed by atoms with Crippen molar-refractivity contribution in [3.8, 4) is 11.5 Å². The van der Waals surface area contributed by atoms with Crippen molar-refractivity contribution in [1.82, 2.24) is 5.43 Å². The first kappa shape index (κ1) is 20.2. The van der Waals surface area contributed by atoms with Gasteiger partial charge in [0.05, 0.1) is 18.4 Å². The maximum Gasteiger partial charge on any atom is 0.275 e. The maximum atomic E-state index is 12.4. The van der Waals surface area contributed by atoms with E-state index in [1.54, 1.807) is 18.2 Å². The molecule has 136 valence electrons. The Hall–Kier alpha value is -2.12. The van der Waals surface area contributed by atoms with Crippen LogP contribution in [0, 0.1) is 0 Å². The van der Waals surface area contributed by atoms with Crippen LogP contribution in [-0.2, 0) is 0 Å². The van der Waals surface area contributed by atoms with Crippen LogP contribution in [0.2, 0.25) is 0 Å². The lowest BCUT2D eigenvalue weighted by Crippen LogP contribution is -2.19. The largest absolute Gasteiger partial charge is 0.493 e. The first-order valence-electron chi connectivity index (χ1n) is 7.84. The molecule has 1 N–H and O–H groups in total. The second-order valence-corrected chi connectivity index (χ2v) is 6.89. The second-order valence-electron chi connectivity index (χ2n) is 5.05. The van der Waals surface area contributed by atoms with Gasteiger partial charge in [-0.05, 0) is 43.3 Å². The third-order valence-corrected chi connectivity index (χ3v) is 4.17. The summed E-state index contributed by atoms with van der Waals surface area (Å²) in [5.74, 6) is 0.777. The summed E-state index contributed by atoms with van der Waals surface area (Å²) in [5.41, 5.74) is 3.64. The van der Waals surface area contributed by atoms with Crippen LogP contribution in [0.5, 0.6) is 11.5 Å². The Balaban J connectivity index is 2.16. The summed E-state index contributed by atoms with van der Waals surface area (Å²) < 4.78 is 12.7. The first-order valence-corrected chi connectivity index (χ1v) is 9.42. The lowest BCUT2D eigenvalue weighted by molar-refractivity contribution is 0.0951. The molecule has 26 heavy (non-hydrogen) atoms. The van der Waals surface area contributed by atoms with E-state index in [0.717, 1.165) is 14.5 Å². The normalized spacial score (nSPS) is 10.6. The number of halogens is 2. The Morgan fingerprint density at radius 1 is 1.15 bits per heavy atom. The number of carbonyl (C=O) groups is 1. The van der Waals surface area contributed by atoms with Gasteiger partial charge in [-0.1, -0.05) is 44.5 Å². The molecule has 0 unspecified atom stereocenters. The van der Waals surface area contributed by atoms with Gasteiger partial charge in [-0.25, -0.2) is 5.43 Å². The fourth-order valence-corrected chi connectivity index (χ4v) is 2.82. The first-order chi connectivity index (χ1) is 12.5. The topological polar surface area (TPSA) is 59.9 Å². The van der Waals surface area contributed by atoms with Gasteiger partial charge in [-0.2, -0.15) is 5.10 Å². The molecule has 0 spiro atoms. The quantitative estimate of drug-likeness (QED) is 0.330. The van der Waals surface area contributed by atoms with E-state index >= 15 is 0 Å². The summed E-state index contributed by atoms with van der Waals surface area (Å²) in [6.07, 6.45) is 3.19. The summed E-state index contributed by atoms with van der Waals surface area (Å²) >= 11 is 6.77. The van der Waals surface area contributed by atoms with Crippen LogP contribution in [0.25, 0.3) is 0 Å². The van der Waals surface area contributed by atoms with E-state index in [9.17, 15) is 4.79 Å². The maximum absolute atomic E-state index is 12.4. The van der Waals surface area contributed by atoms with Crippen molar-refractivity contribution >= 4 is 44.0 Å². The molecule has 0 aromatic heterocycles. The van der Waals surface area contributed by atoms with Crippen LogP contribution in [-0.4, -0.2) is 25.3 Å². The van der Waals surface area contributed by atoms with Crippen LogP contribution in [0.15, 0.2) is 63.1 Å². The Labute approximate surface area is 169 Å². The van der Waals surface area contributed by atoms with Crippen LogP contribution in [0.4, 0.5) is 0 Å². The number of rotatable bonds is 8. The number of hydrazone groups is 1. The lowest BCUT2D eigenvalue weighted by Gasteiger charge is -2.09. The highest BCUT2D eigenvalue weighted by Crippen LogP contribution is 2.24. The third-order valence-electron chi connectivity index (χ3n) is 3.18. The van der Waals surface area contributed by atoms with Crippen LogP contribution in [0.1, 0.15) is 22.8 Å². The smallest absolute Gasteiger partial charge is 0.275 e. The molecule has 1 amide bonds. The minimum Gasteiger partial charge on any atom is -0.493 e. The molecule has 0 aliphatic heterocycles. The van der Waals surface area contributed by atoms with Gasteiger partial charge in [0.1, 0.15) is 18.1 Å². The number of amides is 1. The Morgan fingerprint density at radius 3 is 2.54 bits per heavy atom. The van der Waals surface area contributed by atoms with E-state index in [-0.39, 0.29) is 5.91 Å². The summed E-state index contributed by atoms with van der Waals surface area (Å²) in [7, 11) is 0. The van der Waals surface area contributed by atoms with E-state index in [2.05, 4.69) is 49.0 Å². The number of nitrogens with zero attached hydrogens (tertiary/aromatic N) is 1. The summed E-state index contributed by atoms with van der Waals surface area (Å²) in [5, 5.41) is 4.04. The zero-order valence-corrected chi connectivity index (χ0v) is 17.3. The van der Waals surface area contributed by atoms with Gasteiger partial charge in [0.25, 0.3) is 5.91 Å². The standard InChI is InChI=1S/C19H18Br2N2O3/c1-3-9-26-17-7-5-14(20)10-13(17)12-22-23-19(24)16-11-15(21)6-8-18(16)25-4-2/h3,5-8,10-12H,1,4,9H2,2H3,(H,23,24)/b22-12+. The number of hydrogen-bond donors (Lipinski definition) is 1. The monoisotopic (exact) mass is 480 g/mol. The molecule has 0 aliphatic carbocycles. The number of hydrogen-bond acceptors (Lipinski definition) is 4. The van der Waals surface area contributed by atoms with Crippen LogP contribution < -0.4 is 14.9 Å². The molecule has 2 rings (SSSR count). The van der Waals surface area contributed by atoms with Crippen molar-refractivity contribution in [2.45, 2.75) is 6.92 Å². The second kappa shape index (κ2) is 10.1. The van der Waals surface area contributed by atoms with Crippen molar-refractivity contribution in [2.24, 2.45) is 5.10 Å². The number of carbonyl (C=O) groups excluding carboxylic acids is 1. The molecule has 0 saturated heterocycles. The molecule has 0 atom stereocenters. The van der Waals surface area contributed by atoms with Crippen molar-refractivity contribution in [3.05, 3.63) is 69.1 Å². The van der Waals surface area contributed by atoms with Gasteiger partial charge in [0, 0.05) is 14.5 Å². The highest BCUT2D eigenvalue weighted by molar-refractivity contribution is 9.10. The van der Waals surface area contributed by atoms with Gasteiger partial charge >= 0.3 is 0 Å². The van der Waals surface area contributed by atoms with Gasteiger partial charge in [-0.3, -0.25) is 4.79 Å². The van der Waals surface area contributed by atoms with Gasteiger partial charge in [0.2, 0.25) is 0 Å². The van der Waals surface area contributed by atoms with Crippen molar-refractivity contribution in [1.29, 1.82) is 0 Å². The zero-order chi connectivity index (χ0) is 18.9. The van der Waals surface area contributed by atoms with Crippen molar-refractivity contribution in [2.75, 3.05) is 13.2 Å². The molecular weight excluding hydrogens is 464 g/mol. The molecule has 0 heterocycles. The van der Waals surface area contributed by atoms with Gasteiger partial charge in [-0.15, -0.1) is 0 Å². The summed E-state index contributed by atoms with van der Waals surface area (Å²) in [4.78, 5) is 12.4. The number of nitrogens with one attached hydrogen (secondary N) is 1. The van der Waals surface area contributed by atoms with E-state index in [1.807, 2.05) is 31.2 Å². The Kier molecular flexibility index (Phi) is 7.87. The Bertz CT molecular complexity index is 822. The molecular formula is C19H18Br2N2O3. The minimum absolute atomic E-state index is 0.366. The molecule has 7 heteroatoms. The fraction of sp³-hybridized carbons (Fsp3) is 0.158. The summed E-state index contributed by atoms with van der Waals surface area (Å²) in [6.45, 7) is 6.34. The summed E-state index contributed by atoms with van der Waals surface area (Å²) in [6, 6.07) is 10.8. The molecule has 0 saturated carbocycles. The fourth-order valence-electron chi connectivity index (χ4n) is 2.08. The highest BCUT2D eigenvalue weighted by atomic mass is 79.9. The van der Waals surface area contributed by atoms with E-state index in [0.29, 0.717) is 30.3 Å². The molecule has 5 nitrogen and oxygen atoms in total. The van der Waals surface area contributed by atoms with E-state index in [4.69, 9.17) is 9.47 Å². The molecule has 0 aliphatic rings. The van der Waals surface area contributed by atoms with Crippen LogP contribution in [0.3, 0.4) is 0 Å². The van der Waals surface area contributed by atoms with Gasteiger partial charge in [0.15, 0.2) is 0 Å². The average Bonchev–Trinajstić information content (AvgIpc) is 2.62. The van der Waals surface area contributed by atoms with Crippen molar-refractivity contribution in [3.63, 3.8) is 0 Å². The molecule has 2 aromatic carbocycles. The van der Waals surface area contributed by atoms with E-state index in [1.165, 1.54) is 6.21 Å². The van der Waals surface area contributed by atoms with Crippen molar-refractivity contribution < 1.29 is 14.3 Å². The molecule has 0 fully saturated rings. The predicted octanol–water partition coefficient (Wildman–Crippen LogP) is 4.94. The molecule has 0 bridgehead atoms. The Morgan fingerprint density at radius 2 is 1.85 bits per heavy atom.